The van der Waals surface area contributed by atoms with E-state index in [1.165, 1.54) is 358 Å². The molecule has 20 heteroatoms. The van der Waals surface area contributed by atoms with Crippen LogP contribution in [0.4, 0.5) is 0 Å². The maximum Gasteiger partial charge on any atom is 0.308 e. The molecule has 0 saturated heterocycles. The number of thioether (sulfide) groups is 4. The van der Waals surface area contributed by atoms with E-state index in [0.717, 1.165) is 128 Å². The van der Waals surface area contributed by atoms with Crippen molar-refractivity contribution in [1.29, 1.82) is 0 Å². The van der Waals surface area contributed by atoms with Crippen molar-refractivity contribution in [2.45, 2.75) is 543 Å². The van der Waals surface area contributed by atoms with Crippen LogP contribution in [0.25, 0.3) is 0 Å². The highest BCUT2D eigenvalue weighted by Crippen LogP contribution is 2.55. The SMILES string of the molecule is CCCCCCCCCCSCCCCCCCCCCC1c2cc(c(OC(C)=O)cc2OC(C)=O)C(CCCCCCCCCCSCCCCCCCCCC)c2cc(c(OC(C)=O)cc2OC(C)=O)C(CCCCCCCCCCSCCCCCCCCCC)c2cc(c(OC(C)=O)cc2OC(C)=O)C(CCCCCCCCCCSCCCCCCCCCC)c2cc1c(OC(C)=O)cc2OC(C)=O. The quantitative estimate of drug-likeness (QED) is 0.0228. The molecule has 0 N–H and O–H groups in total. The van der Waals surface area contributed by atoms with Gasteiger partial charge in [-0.15, -0.1) is 0 Å². The van der Waals surface area contributed by atoms with E-state index in [-0.39, 0.29) is 46.0 Å². The summed E-state index contributed by atoms with van der Waals surface area (Å²) in [7, 11) is 0. The summed E-state index contributed by atoms with van der Waals surface area (Å²) in [6.07, 6.45) is 76.4. The Hall–Kier alpha value is -5.96. The summed E-state index contributed by atoms with van der Waals surface area (Å²) in [5, 5.41) is 0. The lowest BCUT2D eigenvalue weighted by atomic mass is 9.76. The van der Waals surface area contributed by atoms with E-state index in [2.05, 4.69) is 74.7 Å². The molecule has 1 aliphatic rings. The number of carbonyl (C=O) groups is 8. The van der Waals surface area contributed by atoms with E-state index in [4.69, 9.17) is 37.9 Å². The molecule has 1 aliphatic carbocycles. The number of esters is 8. The maximum atomic E-state index is 14.2. The van der Waals surface area contributed by atoms with Crippen molar-refractivity contribution >= 4 is 94.8 Å². The number of unbranched alkanes of at least 4 members (excludes halogenated alkanes) is 56. The van der Waals surface area contributed by atoms with Gasteiger partial charge in [0.1, 0.15) is 46.0 Å². The lowest BCUT2D eigenvalue weighted by Crippen LogP contribution is -2.18. The van der Waals surface area contributed by atoms with E-state index in [9.17, 15) is 38.4 Å². The number of ether oxygens (including phenoxy) is 8. The van der Waals surface area contributed by atoms with Gasteiger partial charge in [0.05, 0.1) is 0 Å². The summed E-state index contributed by atoms with van der Waals surface area (Å²) >= 11 is 8.37. The normalized spacial score (nSPS) is 13.9. The summed E-state index contributed by atoms with van der Waals surface area (Å²) in [4.78, 5) is 113. The summed E-state index contributed by atoms with van der Waals surface area (Å²) < 4.78 is 52.1. The van der Waals surface area contributed by atoms with Crippen LogP contribution in [0.1, 0.15) is 588 Å². The zero-order chi connectivity index (χ0) is 104. The molecule has 144 heavy (non-hydrogen) atoms. The van der Waals surface area contributed by atoms with E-state index < -0.39 is 71.4 Å². The van der Waals surface area contributed by atoms with Gasteiger partial charge in [-0.3, -0.25) is 38.4 Å². The van der Waals surface area contributed by atoms with Crippen molar-refractivity contribution in [3.05, 3.63) is 93.0 Å². The van der Waals surface area contributed by atoms with E-state index in [1.54, 1.807) is 24.3 Å². The summed E-state index contributed by atoms with van der Waals surface area (Å²) in [6, 6.07) is 14.4. The molecule has 4 aromatic rings. The Morgan fingerprint density at radius 3 is 0.375 bits per heavy atom. The summed E-state index contributed by atoms with van der Waals surface area (Å²) in [5.41, 5.74) is 4.07. The van der Waals surface area contributed by atoms with Crippen molar-refractivity contribution in [2.75, 3.05) is 46.0 Å². The monoisotopic (exact) mass is 2070 g/mol. The number of benzene rings is 4. The minimum Gasteiger partial charge on any atom is -0.426 e. The van der Waals surface area contributed by atoms with Gasteiger partial charge in [-0.1, -0.05) is 387 Å². The van der Waals surface area contributed by atoms with Gasteiger partial charge in [0, 0.05) is 148 Å². The van der Waals surface area contributed by atoms with Gasteiger partial charge >= 0.3 is 47.8 Å². The van der Waals surface area contributed by atoms with Crippen LogP contribution in [0, 0.1) is 0 Å². The molecule has 0 spiro atoms. The Kier molecular flexibility index (Phi) is 74.7. The van der Waals surface area contributed by atoms with Gasteiger partial charge < -0.3 is 37.9 Å². The molecule has 816 valence electrons. The number of rotatable bonds is 88. The van der Waals surface area contributed by atoms with Crippen LogP contribution in [0.15, 0.2) is 48.5 Å². The number of hydrogen-bond donors (Lipinski definition) is 0. The van der Waals surface area contributed by atoms with E-state index >= 15 is 0 Å². The molecule has 8 bridgehead atoms. The molecule has 4 aromatic carbocycles. The molecular weight excluding hydrogens is 1870 g/mol. The first-order chi connectivity index (χ1) is 70.1. The first-order valence-corrected chi connectivity index (χ1v) is 63.2. The zero-order valence-electron chi connectivity index (χ0n) is 92.8. The first-order valence-electron chi connectivity index (χ1n) is 58.6. The molecule has 0 fully saturated rings. The van der Waals surface area contributed by atoms with Gasteiger partial charge in [-0.25, -0.2) is 0 Å². The van der Waals surface area contributed by atoms with Gasteiger partial charge in [-0.05, 0) is 147 Å². The van der Waals surface area contributed by atoms with Gasteiger partial charge in [0.15, 0.2) is 0 Å². The van der Waals surface area contributed by atoms with Crippen LogP contribution in [0.3, 0.4) is 0 Å². The molecule has 0 atom stereocenters. The molecule has 0 heterocycles. The highest BCUT2D eigenvalue weighted by Gasteiger charge is 2.38. The molecule has 5 rings (SSSR count). The fourth-order valence-electron chi connectivity index (χ4n) is 20.6. The highest BCUT2D eigenvalue weighted by molar-refractivity contribution is 7.99. The Morgan fingerprint density at radius 2 is 0.264 bits per heavy atom. The van der Waals surface area contributed by atoms with E-state index in [0.29, 0.717) is 95.9 Å². The second-order valence-electron chi connectivity index (χ2n) is 41.5. The van der Waals surface area contributed by atoms with Crippen LogP contribution in [0.2, 0.25) is 0 Å². The minimum atomic E-state index is -0.796. The molecule has 0 aliphatic heterocycles. The molecule has 0 aromatic heterocycles. The smallest absolute Gasteiger partial charge is 0.308 e. The largest absolute Gasteiger partial charge is 0.426 e. The van der Waals surface area contributed by atoms with E-state index in [1.807, 2.05) is 24.3 Å². The van der Waals surface area contributed by atoms with Crippen molar-refractivity contribution in [1.82, 2.24) is 0 Å². The second kappa shape index (κ2) is 83.7. The fourth-order valence-corrected chi connectivity index (χ4v) is 24.7. The Balaban J connectivity index is 1.78. The van der Waals surface area contributed by atoms with Crippen LogP contribution in [-0.2, 0) is 38.4 Å². The average molecular weight is 2080 g/mol. The van der Waals surface area contributed by atoms with Crippen molar-refractivity contribution in [3.8, 4) is 46.0 Å². The second-order valence-corrected chi connectivity index (χ2v) is 46.4. The summed E-state index contributed by atoms with van der Waals surface area (Å²) in [6.45, 7) is 19.8. The molecule has 0 unspecified atom stereocenters. The number of hydrogen-bond acceptors (Lipinski definition) is 20. The minimum absolute atomic E-state index is 0.0991. The zero-order valence-corrected chi connectivity index (χ0v) is 96.1. The number of fused-ring (bicyclic) bond motifs is 8. The van der Waals surface area contributed by atoms with Crippen LogP contribution >= 0.6 is 47.0 Å². The van der Waals surface area contributed by atoms with Gasteiger partial charge in [0.25, 0.3) is 0 Å². The molecule has 0 saturated carbocycles. The van der Waals surface area contributed by atoms with Gasteiger partial charge in [-0.2, -0.15) is 47.0 Å². The lowest BCUT2D eigenvalue weighted by Gasteiger charge is -2.31. The Bertz CT molecular complexity index is 3470. The third-order valence-corrected chi connectivity index (χ3v) is 32.9. The predicted octanol–water partition coefficient (Wildman–Crippen LogP) is 37.5. The van der Waals surface area contributed by atoms with Crippen molar-refractivity contribution in [2.24, 2.45) is 0 Å². The van der Waals surface area contributed by atoms with Crippen molar-refractivity contribution < 1.29 is 76.3 Å². The fraction of sp³-hybridized carbons (Fsp3) is 0.742. The lowest BCUT2D eigenvalue weighted by molar-refractivity contribution is -0.133. The molecule has 0 amide bonds. The van der Waals surface area contributed by atoms with Crippen LogP contribution < -0.4 is 37.9 Å². The summed E-state index contributed by atoms with van der Waals surface area (Å²) in [5.74, 6) is 2.13. The first kappa shape index (κ1) is 128. The van der Waals surface area contributed by atoms with Crippen LogP contribution in [0.5, 0.6) is 46.0 Å². The maximum absolute atomic E-state index is 14.2. The molecular formula is C124H200O16S4. The Labute approximate surface area is 893 Å². The Morgan fingerprint density at radius 1 is 0.160 bits per heavy atom. The predicted molar refractivity (Wildman–Crippen MR) is 610 cm³/mol. The molecule has 0 radical (unpaired) electrons. The molecule has 16 nitrogen and oxygen atoms in total. The average Bonchev–Trinajstić information content (AvgIpc) is 0.741. The van der Waals surface area contributed by atoms with Crippen molar-refractivity contribution in [3.63, 3.8) is 0 Å². The topological polar surface area (TPSA) is 210 Å². The highest BCUT2D eigenvalue weighted by atomic mass is 32.2. The standard InChI is InChI=1S/C124H200O16S4/c1-13-17-21-25-29-45-57-69-81-141-85-73-61-49-37-33-41-53-65-77-105-109-89-111(119(135-99(7)127)93-117(109)133-97(5)125)106(78-66-54-42-34-38-50-62-74-86-142-82-70-58-46-30-26-22-18-14-2)113-91-115(123(139-103(11)131)95-121(113)137-101(9)129)108(80-68-56-44-36-40-52-64-76-88-144-84-72-60-48-32-28-24-20-16-4)116-92-114(122(138-102(10)130)96-124(116)140-104(12)132)107(112-90-110(105)118(134-98(6)126)94-120(112)136-100(8)128)79-67-55-43-35-39-51-63-75-87-143-83-71-59-47-31-27-23-19-15-3/h89-96,105-108H,13-88H2,1-12H3. The van der Waals surface area contributed by atoms with Crippen LogP contribution in [-0.4, -0.2) is 93.8 Å². The number of carbonyl (C=O) groups excluding carboxylic acids is 8. The third kappa shape index (κ3) is 58.4. The third-order valence-electron chi connectivity index (χ3n) is 28.3. The van der Waals surface area contributed by atoms with Gasteiger partial charge in [0.2, 0.25) is 0 Å².